The number of hydrogen-bond donors (Lipinski definition) is 2. The van der Waals surface area contributed by atoms with Gasteiger partial charge in [0.15, 0.2) is 0 Å². The lowest BCUT2D eigenvalue weighted by Gasteiger charge is -2.30. The van der Waals surface area contributed by atoms with Gasteiger partial charge in [-0.25, -0.2) is 0 Å². The minimum absolute atomic E-state index is 0.0164. The maximum atomic E-state index is 12.0. The first-order chi connectivity index (χ1) is 8.20. The van der Waals surface area contributed by atoms with Crippen molar-refractivity contribution in [2.45, 2.75) is 44.2 Å². The van der Waals surface area contributed by atoms with Gasteiger partial charge < -0.3 is 15.4 Å². The second-order valence-electron chi connectivity index (χ2n) is 4.89. The summed E-state index contributed by atoms with van der Waals surface area (Å²) in [6, 6.07) is 0.606. The van der Waals surface area contributed by atoms with Gasteiger partial charge in [-0.1, -0.05) is 12.8 Å². The van der Waals surface area contributed by atoms with Crippen LogP contribution in [0, 0.1) is 5.92 Å². The van der Waals surface area contributed by atoms with E-state index in [1.807, 2.05) is 0 Å². The van der Waals surface area contributed by atoms with Crippen molar-refractivity contribution in [2.24, 2.45) is 5.92 Å². The predicted octanol–water partition coefficient (Wildman–Crippen LogP) is 0.196. The van der Waals surface area contributed by atoms with Gasteiger partial charge in [0, 0.05) is 18.6 Å². The monoisotopic (exact) mass is 240 g/mol. The van der Waals surface area contributed by atoms with Crippen LogP contribution < -0.4 is 10.6 Å². The molecule has 1 saturated heterocycles. The molecule has 2 N–H and O–H groups in total. The van der Waals surface area contributed by atoms with Gasteiger partial charge in [0.05, 0.1) is 19.4 Å². The Labute approximate surface area is 101 Å². The number of methoxy groups -OCH3 is 1. The van der Waals surface area contributed by atoms with Crippen LogP contribution in [-0.4, -0.2) is 37.6 Å². The summed E-state index contributed by atoms with van der Waals surface area (Å²) in [5.41, 5.74) is 0. The maximum Gasteiger partial charge on any atom is 0.306 e. The Morgan fingerprint density at radius 2 is 2.06 bits per heavy atom. The van der Waals surface area contributed by atoms with Crippen molar-refractivity contribution >= 4 is 11.9 Å². The third-order valence-corrected chi connectivity index (χ3v) is 3.73. The molecule has 17 heavy (non-hydrogen) atoms. The van der Waals surface area contributed by atoms with Crippen molar-refractivity contribution < 1.29 is 14.3 Å². The fraction of sp³-hybridized carbons (Fsp3) is 0.833. The van der Waals surface area contributed by atoms with Crippen LogP contribution in [0.2, 0.25) is 0 Å². The van der Waals surface area contributed by atoms with Crippen molar-refractivity contribution in [3.63, 3.8) is 0 Å². The van der Waals surface area contributed by atoms with Crippen molar-refractivity contribution in [1.82, 2.24) is 10.6 Å². The molecule has 1 amide bonds. The molecule has 3 atom stereocenters. The molecule has 2 rings (SSSR count). The number of carbonyl (C=O) groups excluding carboxylic acids is 2. The van der Waals surface area contributed by atoms with E-state index in [1.54, 1.807) is 0 Å². The van der Waals surface area contributed by atoms with Crippen LogP contribution in [0.4, 0.5) is 0 Å². The Morgan fingerprint density at radius 1 is 1.35 bits per heavy atom. The first-order valence-corrected chi connectivity index (χ1v) is 6.31. The number of rotatable bonds is 2. The molecule has 1 aliphatic heterocycles. The highest BCUT2D eigenvalue weighted by atomic mass is 16.5. The summed E-state index contributed by atoms with van der Waals surface area (Å²) in [7, 11) is 1.35. The van der Waals surface area contributed by atoms with E-state index in [0.717, 1.165) is 12.8 Å². The fourth-order valence-electron chi connectivity index (χ4n) is 2.68. The van der Waals surface area contributed by atoms with E-state index in [0.29, 0.717) is 12.6 Å². The highest BCUT2D eigenvalue weighted by Crippen LogP contribution is 2.21. The number of nitrogens with one attached hydrogen (secondary N) is 2. The molecule has 0 aromatic rings. The lowest BCUT2D eigenvalue weighted by molar-refractivity contribution is -0.144. The molecular weight excluding hydrogens is 220 g/mol. The van der Waals surface area contributed by atoms with Crippen LogP contribution in [0.1, 0.15) is 32.1 Å². The summed E-state index contributed by atoms with van der Waals surface area (Å²) in [5.74, 6) is -0.637. The molecule has 96 valence electrons. The quantitative estimate of drug-likeness (QED) is 0.676. The van der Waals surface area contributed by atoms with Crippen LogP contribution in [0.3, 0.4) is 0 Å². The molecule has 0 aromatic carbocycles. The molecule has 0 unspecified atom stereocenters. The van der Waals surface area contributed by atoms with Crippen molar-refractivity contribution in [1.29, 1.82) is 0 Å². The van der Waals surface area contributed by atoms with Crippen LogP contribution in [0.15, 0.2) is 0 Å². The largest absolute Gasteiger partial charge is 0.469 e. The van der Waals surface area contributed by atoms with Gasteiger partial charge in [0.2, 0.25) is 5.91 Å². The summed E-state index contributed by atoms with van der Waals surface area (Å²) in [5, 5.41) is 6.45. The molecule has 1 heterocycles. The maximum absolute atomic E-state index is 12.0. The fourth-order valence-corrected chi connectivity index (χ4v) is 2.68. The molecule has 5 heteroatoms. The lowest BCUT2D eigenvalue weighted by Crippen LogP contribution is -2.48. The van der Waals surface area contributed by atoms with Crippen molar-refractivity contribution in [3.8, 4) is 0 Å². The third kappa shape index (κ3) is 2.97. The normalized spacial score (nSPS) is 33.2. The number of hydrogen-bond acceptors (Lipinski definition) is 4. The van der Waals surface area contributed by atoms with Gasteiger partial charge in [0.25, 0.3) is 0 Å². The Kier molecular flexibility index (Phi) is 3.99. The summed E-state index contributed by atoms with van der Waals surface area (Å²) >= 11 is 0. The van der Waals surface area contributed by atoms with Crippen molar-refractivity contribution in [3.05, 3.63) is 0 Å². The van der Waals surface area contributed by atoms with Crippen LogP contribution in [0.5, 0.6) is 0 Å². The second kappa shape index (κ2) is 5.49. The van der Waals surface area contributed by atoms with Crippen LogP contribution in [-0.2, 0) is 14.3 Å². The van der Waals surface area contributed by atoms with E-state index in [9.17, 15) is 9.59 Å². The molecule has 0 radical (unpaired) electrons. The highest BCUT2D eigenvalue weighted by molar-refractivity contribution is 5.84. The lowest BCUT2D eigenvalue weighted by atomic mass is 9.91. The van der Waals surface area contributed by atoms with Gasteiger partial charge in [-0.3, -0.25) is 9.59 Å². The summed E-state index contributed by atoms with van der Waals surface area (Å²) in [6.07, 6.45) is 4.69. The van der Waals surface area contributed by atoms with E-state index in [2.05, 4.69) is 15.4 Å². The van der Waals surface area contributed by atoms with E-state index in [4.69, 9.17) is 0 Å². The first-order valence-electron chi connectivity index (χ1n) is 6.31. The SMILES string of the molecule is COC(=O)C[C@@H]1CN[C@H]2CCCC[C@H]2NC1=O. The van der Waals surface area contributed by atoms with E-state index in [-0.39, 0.29) is 30.3 Å². The number of fused-ring (bicyclic) bond motifs is 1. The van der Waals surface area contributed by atoms with Crippen LogP contribution >= 0.6 is 0 Å². The summed E-state index contributed by atoms with van der Waals surface area (Å²) in [4.78, 5) is 23.2. The Hall–Kier alpha value is -1.10. The standard InChI is InChI=1S/C12H20N2O3/c1-17-11(15)6-8-7-13-9-4-2-3-5-10(9)14-12(8)16/h8-10,13H,2-7H2,1H3,(H,14,16)/t8-,9+,10-/m1/s1. The highest BCUT2D eigenvalue weighted by Gasteiger charge is 2.33. The Balaban J connectivity index is 1.97. The first kappa shape index (κ1) is 12.4. The van der Waals surface area contributed by atoms with Gasteiger partial charge in [-0.2, -0.15) is 0 Å². The molecular formula is C12H20N2O3. The minimum atomic E-state index is -0.322. The average Bonchev–Trinajstić information content (AvgIpc) is 2.49. The number of ether oxygens (including phenoxy) is 1. The summed E-state index contributed by atoms with van der Waals surface area (Å²) in [6.45, 7) is 0.572. The Bertz CT molecular complexity index is 306. The molecule has 2 fully saturated rings. The van der Waals surface area contributed by atoms with Gasteiger partial charge in [-0.05, 0) is 12.8 Å². The zero-order chi connectivity index (χ0) is 12.3. The smallest absolute Gasteiger partial charge is 0.306 e. The Morgan fingerprint density at radius 3 is 2.76 bits per heavy atom. The molecule has 0 spiro atoms. The molecule has 2 aliphatic rings. The van der Waals surface area contributed by atoms with Gasteiger partial charge >= 0.3 is 5.97 Å². The number of carbonyl (C=O) groups is 2. The van der Waals surface area contributed by atoms with E-state index < -0.39 is 0 Å². The number of amides is 1. The summed E-state index contributed by atoms with van der Waals surface area (Å²) < 4.78 is 4.61. The zero-order valence-electron chi connectivity index (χ0n) is 10.2. The number of esters is 1. The van der Waals surface area contributed by atoms with E-state index in [1.165, 1.54) is 20.0 Å². The van der Waals surface area contributed by atoms with Crippen LogP contribution in [0.25, 0.3) is 0 Å². The molecule has 0 aromatic heterocycles. The molecule has 1 saturated carbocycles. The second-order valence-corrected chi connectivity index (χ2v) is 4.89. The third-order valence-electron chi connectivity index (χ3n) is 3.73. The molecule has 0 bridgehead atoms. The molecule has 1 aliphatic carbocycles. The van der Waals surface area contributed by atoms with E-state index >= 15 is 0 Å². The topological polar surface area (TPSA) is 67.4 Å². The minimum Gasteiger partial charge on any atom is -0.469 e. The van der Waals surface area contributed by atoms with Gasteiger partial charge in [-0.15, -0.1) is 0 Å². The van der Waals surface area contributed by atoms with Gasteiger partial charge in [0.1, 0.15) is 0 Å². The van der Waals surface area contributed by atoms with Crippen molar-refractivity contribution in [2.75, 3.05) is 13.7 Å². The average molecular weight is 240 g/mol. The predicted molar refractivity (Wildman–Crippen MR) is 62.3 cm³/mol. The molecule has 5 nitrogen and oxygen atoms in total. The zero-order valence-corrected chi connectivity index (χ0v) is 10.2.